The first-order chi connectivity index (χ1) is 15.8. The van der Waals surface area contributed by atoms with Crippen molar-refractivity contribution in [3.63, 3.8) is 0 Å². The first-order valence-corrected chi connectivity index (χ1v) is 13.3. The number of nitrogens with zero attached hydrogens (tertiary/aromatic N) is 3. The van der Waals surface area contributed by atoms with E-state index in [0.717, 1.165) is 55.6 Å². The summed E-state index contributed by atoms with van der Waals surface area (Å²) in [7, 11) is 0. The zero-order valence-corrected chi connectivity index (χ0v) is 20.1. The molecular weight excluding hydrogens is 417 g/mol. The molecule has 0 saturated heterocycles. The molecule has 0 aliphatic heterocycles. The first-order valence-electron chi connectivity index (χ1n) is 13.3. The number of carbonyl (C=O) groups excluding carboxylic acids is 1. The van der Waals surface area contributed by atoms with Crippen molar-refractivity contribution in [2.24, 2.45) is 40.9 Å². The highest BCUT2D eigenvalue weighted by atomic mass is 19.1. The van der Waals surface area contributed by atoms with Crippen molar-refractivity contribution in [1.29, 1.82) is 0 Å². The van der Waals surface area contributed by atoms with E-state index in [2.05, 4.69) is 17.2 Å². The lowest BCUT2D eigenvalue weighted by Gasteiger charge is -2.56. The molecule has 0 spiro atoms. The second kappa shape index (κ2) is 7.73. The van der Waals surface area contributed by atoms with Crippen molar-refractivity contribution in [1.82, 2.24) is 15.0 Å². The van der Waals surface area contributed by atoms with Crippen LogP contribution in [0.4, 0.5) is 4.39 Å². The molecule has 1 heterocycles. The number of halogens is 1. The summed E-state index contributed by atoms with van der Waals surface area (Å²) in [5.74, 6) is 3.66. The largest absolute Gasteiger partial charge is 0.390 e. The summed E-state index contributed by atoms with van der Waals surface area (Å²) in [6.45, 7) is 4.65. The Morgan fingerprint density at radius 2 is 1.94 bits per heavy atom. The minimum atomic E-state index is -0.471. The fourth-order valence-electron chi connectivity index (χ4n) is 9.19. The van der Waals surface area contributed by atoms with E-state index in [1.165, 1.54) is 25.7 Å². The number of ketones is 1. The van der Waals surface area contributed by atoms with Crippen molar-refractivity contribution in [3.05, 3.63) is 17.5 Å². The van der Waals surface area contributed by atoms with Crippen LogP contribution in [-0.2, 0) is 17.8 Å². The molecule has 8 atom stereocenters. The molecule has 5 aliphatic rings. The van der Waals surface area contributed by atoms with E-state index in [1.54, 1.807) is 10.8 Å². The summed E-state index contributed by atoms with van der Waals surface area (Å²) in [5, 5.41) is 18.8. The normalized spacial score (nSPS) is 44.3. The molecule has 6 heteroatoms. The van der Waals surface area contributed by atoms with Crippen LogP contribution in [0.2, 0.25) is 0 Å². The Morgan fingerprint density at radius 3 is 2.79 bits per heavy atom. The van der Waals surface area contributed by atoms with Gasteiger partial charge in [-0.25, -0.2) is 9.07 Å². The van der Waals surface area contributed by atoms with Crippen LogP contribution in [-0.4, -0.2) is 31.5 Å². The summed E-state index contributed by atoms with van der Waals surface area (Å²) < 4.78 is 15.7. The maximum atomic E-state index is 14.1. The molecule has 1 aromatic rings. The molecule has 3 unspecified atom stereocenters. The molecule has 4 fully saturated rings. The molecule has 4 saturated carbocycles. The minimum absolute atomic E-state index is 0.0804. The van der Waals surface area contributed by atoms with Crippen LogP contribution in [0.5, 0.6) is 0 Å². The molecule has 0 radical (unpaired) electrons. The van der Waals surface area contributed by atoms with E-state index >= 15 is 0 Å². The lowest BCUT2D eigenvalue weighted by atomic mass is 9.49. The third-order valence-corrected chi connectivity index (χ3v) is 10.7. The number of carbonyl (C=O) groups is 1. The van der Waals surface area contributed by atoms with Crippen molar-refractivity contribution >= 4 is 11.6 Å². The maximum Gasteiger partial charge on any atom is 0.157 e. The maximum absolute atomic E-state index is 14.1. The van der Waals surface area contributed by atoms with Crippen LogP contribution >= 0.6 is 0 Å². The summed E-state index contributed by atoms with van der Waals surface area (Å²) >= 11 is 0. The highest BCUT2D eigenvalue weighted by Gasteiger charge is 2.58. The predicted octanol–water partition coefficient (Wildman–Crippen LogP) is 5.12. The third-order valence-electron chi connectivity index (χ3n) is 10.7. The van der Waals surface area contributed by atoms with E-state index in [9.17, 15) is 14.3 Å². The van der Waals surface area contributed by atoms with Crippen molar-refractivity contribution in [2.75, 3.05) is 0 Å². The van der Waals surface area contributed by atoms with Crippen molar-refractivity contribution in [2.45, 2.75) is 96.6 Å². The van der Waals surface area contributed by atoms with Gasteiger partial charge in [0.15, 0.2) is 5.78 Å². The smallest absolute Gasteiger partial charge is 0.157 e. The zero-order valence-electron chi connectivity index (χ0n) is 20.1. The molecule has 33 heavy (non-hydrogen) atoms. The Balaban J connectivity index is 1.18. The van der Waals surface area contributed by atoms with E-state index in [1.807, 2.05) is 6.92 Å². The average Bonchev–Trinajstić information content (AvgIpc) is 3.34. The molecule has 1 aromatic heterocycles. The van der Waals surface area contributed by atoms with E-state index in [0.29, 0.717) is 30.4 Å². The van der Waals surface area contributed by atoms with Crippen LogP contribution in [0.15, 0.2) is 6.08 Å². The second-order valence-electron chi connectivity index (χ2n) is 12.4. The number of aliphatic hydroxyl groups is 1. The second-order valence-corrected chi connectivity index (χ2v) is 12.4. The summed E-state index contributed by atoms with van der Waals surface area (Å²) in [6.07, 6.45) is 13.0. The molecule has 0 bridgehead atoms. The van der Waals surface area contributed by atoms with Crippen LogP contribution < -0.4 is 0 Å². The molecule has 5 nitrogen and oxygen atoms in total. The average molecular weight is 456 g/mol. The summed E-state index contributed by atoms with van der Waals surface area (Å²) in [5.41, 5.74) is 0.713. The van der Waals surface area contributed by atoms with Gasteiger partial charge in [-0.15, -0.1) is 5.10 Å². The minimum Gasteiger partial charge on any atom is -0.390 e. The Bertz CT molecular complexity index is 984. The zero-order chi connectivity index (χ0) is 23.0. The van der Waals surface area contributed by atoms with E-state index in [-0.39, 0.29) is 29.5 Å². The highest BCUT2D eigenvalue weighted by Crippen LogP contribution is 2.64. The van der Waals surface area contributed by atoms with Gasteiger partial charge >= 0.3 is 0 Å². The van der Waals surface area contributed by atoms with Gasteiger partial charge in [-0.05, 0) is 119 Å². The topological polar surface area (TPSA) is 68.0 Å². The number of rotatable bonds is 3. The Morgan fingerprint density at radius 1 is 1.12 bits per heavy atom. The third kappa shape index (κ3) is 3.45. The van der Waals surface area contributed by atoms with Crippen LogP contribution in [0.25, 0.3) is 5.83 Å². The number of allylic oxidation sites excluding steroid dienone is 1. The molecule has 0 amide bonds. The summed E-state index contributed by atoms with van der Waals surface area (Å²) in [4.78, 5) is 13.6. The summed E-state index contributed by atoms with van der Waals surface area (Å²) in [6, 6.07) is 0. The monoisotopic (exact) mass is 455 g/mol. The quantitative estimate of drug-likeness (QED) is 0.687. The number of aromatic nitrogens is 3. The van der Waals surface area contributed by atoms with E-state index < -0.39 is 5.60 Å². The van der Waals surface area contributed by atoms with Gasteiger partial charge in [0, 0.05) is 5.92 Å². The van der Waals surface area contributed by atoms with Gasteiger partial charge < -0.3 is 5.11 Å². The highest BCUT2D eigenvalue weighted by molar-refractivity contribution is 5.82. The van der Waals surface area contributed by atoms with Gasteiger partial charge in [-0.2, -0.15) is 0 Å². The predicted molar refractivity (Wildman–Crippen MR) is 124 cm³/mol. The standard InChI is InChI=1S/C27H38FN3O2/c1-26(33)12-10-17-16(14-26)6-7-19-18(17)11-13-27(2)20(19)8-9-21(27)24(32)15-31-23-5-3-4-22(28)25(23)29-30-31/h4,16-21,33H,3,5-15H2,1-2H3/t16?,17?,18-,19-,20+,21?,26-,27+/m1/s1. The van der Waals surface area contributed by atoms with Gasteiger partial charge in [0.1, 0.15) is 18.1 Å². The number of hydrogen-bond donors (Lipinski definition) is 1. The van der Waals surface area contributed by atoms with Crippen LogP contribution in [0.1, 0.15) is 89.4 Å². The van der Waals surface area contributed by atoms with Gasteiger partial charge in [0.05, 0.1) is 11.3 Å². The number of Topliss-reactive ketones (excluding diaryl/α,β-unsaturated/α-hetero) is 1. The Labute approximate surface area is 196 Å². The van der Waals surface area contributed by atoms with Crippen LogP contribution in [0, 0.1) is 40.9 Å². The first kappa shape index (κ1) is 21.9. The number of hydrogen-bond acceptors (Lipinski definition) is 4. The fraction of sp³-hybridized carbons (Fsp3) is 0.815. The van der Waals surface area contributed by atoms with Crippen molar-refractivity contribution < 1.29 is 14.3 Å². The van der Waals surface area contributed by atoms with E-state index in [4.69, 9.17) is 0 Å². The lowest BCUT2D eigenvalue weighted by Crippen LogP contribution is -2.51. The molecule has 5 aliphatic carbocycles. The van der Waals surface area contributed by atoms with Gasteiger partial charge in [-0.1, -0.05) is 12.1 Å². The van der Waals surface area contributed by atoms with Gasteiger partial charge in [0.25, 0.3) is 0 Å². The molecular formula is C27H38FN3O2. The van der Waals surface area contributed by atoms with Gasteiger partial charge in [-0.3, -0.25) is 4.79 Å². The Kier molecular flexibility index (Phi) is 5.14. The van der Waals surface area contributed by atoms with Crippen LogP contribution in [0.3, 0.4) is 0 Å². The fourth-order valence-corrected chi connectivity index (χ4v) is 9.19. The lowest BCUT2D eigenvalue weighted by molar-refractivity contribution is -0.133. The molecule has 0 aromatic carbocycles. The SMILES string of the molecule is C[C@@]1(O)CCC2C(CC[C@@H]3[C@@H]2CC[C@]2(C)C(C(=O)Cn4nnc5c4CCC=C5F)CC[C@@H]32)C1. The molecule has 1 N–H and O–H groups in total. The van der Waals surface area contributed by atoms with Gasteiger partial charge in [0.2, 0.25) is 0 Å². The number of fused-ring (bicyclic) bond motifs is 6. The molecule has 6 rings (SSSR count). The Hall–Kier alpha value is -1.56. The molecule has 180 valence electrons. The van der Waals surface area contributed by atoms with Crippen molar-refractivity contribution in [3.8, 4) is 0 Å².